The zero-order valence-electron chi connectivity index (χ0n) is 12.6. The predicted octanol–water partition coefficient (Wildman–Crippen LogP) is 4.22. The maximum atomic E-state index is 4.70. The van der Waals surface area contributed by atoms with Crippen LogP contribution in [0.5, 0.6) is 0 Å². The van der Waals surface area contributed by atoms with E-state index in [4.69, 9.17) is 4.98 Å². The summed E-state index contributed by atoms with van der Waals surface area (Å²) in [5.74, 6) is 2.28. The summed E-state index contributed by atoms with van der Waals surface area (Å²) in [6, 6.07) is 2.09. The summed E-state index contributed by atoms with van der Waals surface area (Å²) in [5, 5.41) is 6.52. The number of hydrogen-bond donors (Lipinski definition) is 0. The first-order valence-corrected chi connectivity index (χ1v) is 8.68. The van der Waals surface area contributed by atoms with Gasteiger partial charge in [-0.05, 0) is 18.4 Å². The first-order chi connectivity index (χ1) is 10.0. The van der Waals surface area contributed by atoms with Gasteiger partial charge in [-0.1, -0.05) is 13.8 Å². The molecule has 0 aliphatic carbocycles. The SMILES string of the molecule is Cc1nc(N(C)Cc2csc(C(C)C)n2)c2ccsc2n1. The Balaban J connectivity index is 1.89. The zero-order valence-corrected chi connectivity index (χ0v) is 14.3. The highest BCUT2D eigenvalue weighted by Gasteiger charge is 2.13. The Morgan fingerprint density at radius 3 is 2.71 bits per heavy atom. The molecule has 3 heterocycles. The van der Waals surface area contributed by atoms with Crippen LogP contribution in [0.1, 0.15) is 36.3 Å². The smallest absolute Gasteiger partial charge is 0.141 e. The van der Waals surface area contributed by atoms with Crippen LogP contribution in [0, 0.1) is 6.92 Å². The van der Waals surface area contributed by atoms with Gasteiger partial charge >= 0.3 is 0 Å². The van der Waals surface area contributed by atoms with Gasteiger partial charge in [0.1, 0.15) is 16.5 Å². The van der Waals surface area contributed by atoms with Crippen LogP contribution in [-0.4, -0.2) is 22.0 Å². The molecule has 110 valence electrons. The van der Waals surface area contributed by atoms with Crippen molar-refractivity contribution < 1.29 is 0 Å². The molecule has 3 aromatic rings. The van der Waals surface area contributed by atoms with Gasteiger partial charge in [0.05, 0.1) is 22.6 Å². The third kappa shape index (κ3) is 2.91. The number of thiazole rings is 1. The van der Waals surface area contributed by atoms with Crippen molar-refractivity contribution in [2.75, 3.05) is 11.9 Å². The van der Waals surface area contributed by atoms with Gasteiger partial charge in [-0.3, -0.25) is 0 Å². The lowest BCUT2D eigenvalue weighted by molar-refractivity contribution is 0.818. The van der Waals surface area contributed by atoms with Crippen molar-refractivity contribution >= 4 is 38.7 Å². The van der Waals surface area contributed by atoms with Crippen molar-refractivity contribution in [3.8, 4) is 0 Å². The minimum atomic E-state index is 0.485. The lowest BCUT2D eigenvalue weighted by Gasteiger charge is -2.18. The van der Waals surface area contributed by atoms with Crippen LogP contribution in [0.15, 0.2) is 16.8 Å². The second kappa shape index (κ2) is 5.69. The monoisotopic (exact) mass is 318 g/mol. The van der Waals surface area contributed by atoms with E-state index in [2.05, 4.69) is 52.6 Å². The number of aromatic nitrogens is 3. The van der Waals surface area contributed by atoms with Gasteiger partial charge in [0.2, 0.25) is 0 Å². The van der Waals surface area contributed by atoms with Crippen molar-refractivity contribution in [2.24, 2.45) is 0 Å². The molecule has 0 aliphatic heterocycles. The summed E-state index contributed by atoms with van der Waals surface area (Å²) in [5.41, 5.74) is 1.10. The van der Waals surface area contributed by atoms with Gasteiger partial charge in [-0.2, -0.15) is 0 Å². The molecule has 0 saturated carbocycles. The summed E-state index contributed by atoms with van der Waals surface area (Å²) < 4.78 is 0. The molecule has 0 saturated heterocycles. The molecule has 3 aromatic heterocycles. The van der Waals surface area contributed by atoms with Crippen LogP contribution in [0.3, 0.4) is 0 Å². The predicted molar refractivity (Wildman–Crippen MR) is 90.5 cm³/mol. The fourth-order valence-corrected chi connectivity index (χ4v) is 3.84. The van der Waals surface area contributed by atoms with Gasteiger partial charge < -0.3 is 4.90 Å². The minimum absolute atomic E-state index is 0.485. The lowest BCUT2D eigenvalue weighted by Crippen LogP contribution is -2.18. The van der Waals surface area contributed by atoms with Gasteiger partial charge in [0, 0.05) is 18.3 Å². The molecule has 0 N–H and O–H groups in total. The van der Waals surface area contributed by atoms with E-state index < -0.39 is 0 Å². The fourth-order valence-electron chi connectivity index (χ4n) is 2.21. The summed E-state index contributed by atoms with van der Waals surface area (Å²) in [7, 11) is 2.06. The van der Waals surface area contributed by atoms with Gasteiger partial charge in [-0.15, -0.1) is 22.7 Å². The highest BCUT2D eigenvalue weighted by atomic mass is 32.1. The van der Waals surface area contributed by atoms with Gasteiger partial charge in [-0.25, -0.2) is 15.0 Å². The molecular formula is C15H18N4S2. The molecule has 0 unspecified atom stereocenters. The maximum absolute atomic E-state index is 4.70. The Hall–Kier alpha value is -1.53. The highest BCUT2D eigenvalue weighted by Crippen LogP contribution is 2.28. The summed E-state index contributed by atoms with van der Waals surface area (Å²) in [6.45, 7) is 7.06. The van der Waals surface area contributed by atoms with E-state index in [1.807, 2.05) is 6.92 Å². The number of thiophene rings is 1. The van der Waals surface area contributed by atoms with Crippen LogP contribution in [-0.2, 0) is 6.54 Å². The lowest BCUT2D eigenvalue weighted by atomic mass is 10.2. The fraction of sp³-hybridized carbons (Fsp3) is 0.400. The average Bonchev–Trinajstić information content (AvgIpc) is 3.06. The average molecular weight is 318 g/mol. The molecule has 0 aromatic carbocycles. The van der Waals surface area contributed by atoms with Crippen LogP contribution >= 0.6 is 22.7 Å². The molecule has 4 nitrogen and oxygen atoms in total. The summed E-state index contributed by atoms with van der Waals surface area (Å²) >= 11 is 3.39. The first kappa shape index (κ1) is 14.4. The molecule has 0 spiro atoms. The Bertz CT molecular complexity index is 760. The number of rotatable bonds is 4. The van der Waals surface area contributed by atoms with Gasteiger partial charge in [0.15, 0.2) is 0 Å². The number of aryl methyl sites for hydroxylation is 1. The quantitative estimate of drug-likeness (QED) is 0.722. The van der Waals surface area contributed by atoms with E-state index in [-0.39, 0.29) is 0 Å². The Morgan fingerprint density at radius 1 is 1.19 bits per heavy atom. The molecule has 3 rings (SSSR count). The molecule has 0 fully saturated rings. The number of fused-ring (bicyclic) bond motifs is 1. The standard InChI is InChI=1S/C15H18N4S2/c1-9(2)14-18-11(8-21-14)7-19(4)13-12-5-6-20-15(12)17-10(3)16-13/h5-6,8-9H,7H2,1-4H3. The summed E-state index contributed by atoms with van der Waals surface area (Å²) in [6.07, 6.45) is 0. The van der Waals surface area contributed by atoms with Crippen molar-refractivity contribution in [3.63, 3.8) is 0 Å². The highest BCUT2D eigenvalue weighted by molar-refractivity contribution is 7.16. The number of anilines is 1. The molecular weight excluding hydrogens is 300 g/mol. The van der Waals surface area contributed by atoms with E-state index in [1.54, 1.807) is 22.7 Å². The topological polar surface area (TPSA) is 41.9 Å². The third-order valence-electron chi connectivity index (χ3n) is 3.24. The molecule has 0 aliphatic rings. The van der Waals surface area contributed by atoms with Crippen LogP contribution < -0.4 is 4.90 Å². The van der Waals surface area contributed by atoms with E-state index in [1.165, 1.54) is 5.01 Å². The van der Waals surface area contributed by atoms with E-state index in [9.17, 15) is 0 Å². The van der Waals surface area contributed by atoms with E-state index in [0.29, 0.717) is 5.92 Å². The maximum Gasteiger partial charge on any atom is 0.141 e. The minimum Gasteiger partial charge on any atom is -0.353 e. The molecule has 0 amide bonds. The molecule has 21 heavy (non-hydrogen) atoms. The van der Waals surface area contributed by atoms with Crippen LogP contribution in [0.2, 0.25) is 0 Å². The molecule has 0 bridgehead atoms. The van der Waals surface area contributed by atoms with Crippen molar-refractivity contribution in [1.82, 2.24) is 15.0 Å². The largest absolute Gasteiger partial charge is 0.353 e. The third-order valence-corrected chi connectivity index (χ3v) is 5.24. The second-order valence-corrected chi connectivity index (χ2v) is 7.21. The normalized spacial score (nSPS) is 11.5. The van der Waals surface area contributed by atoms with Crippen molar-refractivity contribution in [2.45, 2.75) is 33.2 Å². The van der Waals surface area contributed by atoms with Crippen molar-refractivity contribution in [3.05, 3.63) is 33.4 Å². The van der Waals surface area contributed by atoms with Gasteiger partial charge in [0.25, 0.3) is 0 Å². The second-order valence-electron chi connectivity index (χ2n) is 5.42. The summed E-state index contributed by atoms with van der Waals surface area (Å²) in [4.78, 5) is 17.0. The zero-order chi connectivity index (χ0) is 15.0. The molecule has 0 atom stereocenters. The Morgan fingerprint density at radius 2 is 2.00 bits per heavy atom. The van der Waals surface area contributed by atoms with Crippen LogP contribution in [0.4, 0.5) is 5.82 Å². The Labute approximate surface area is 132 Å². The number of nitrogens with zero attached hydrogens (tertiary/aromatic N) is 4. The van der Waals surface area contributed by atoms with E-state index in [0.717, 1.165) is 34.1 Å². The molecule has 6 heteroatoms. The first-order valence-electron chi connectivity index (χ1n) is 6.92. The molecule has 0 radical (unpaired) electrons. The van der Waals surface area contributed by atoms with E-state index >= 15 is 0 Å². The van der Waals surface area contributed by atoms with Crippen LogP contribution in [0.25, 0.3) is 10.2 Å². The number of hydrogen-bond acceptors (Lipinski definition) is 6. The Kier molecular flexibility index (Phi) is 3.91. The van der Waals surface area contributed by atoms with Crippen molar-refractivity contribution in [1.29, 1.82) is 0 Å².